The molecule has 86 valence electrons. The Morgan fingerprint density at radius 1 is 0.941 bits per heavy atom. The van der Waals surface area contributed by atoms with Gasteiger partial charge >= 0.3 is 0 Å². The van der Waals surface area contributed by atoms with Crippen molar-refractivity contribution in [1.82, 2.24) is 0 Å². The molecular weight excluding hydrogens is 204 g/mol. The van der Waals surface area contributed by atoms with E-state index in [9.17, 15) is 0 Å². The zero-order chi connectivity index (χ0) is 11.7. The van der Waals surface area contributed by atoms with Crippen LogP contribution in [0.1, 0.15) is 36.5 Å². The molecule has 0 nitrogen and oxygen atoms in total. The third-order valence-electron chi connectivity index (χ3n) is 3.70. The third kappa shape index (κ3) is 1.78. The first-order valence-corrected chi connectivity index (χ1v) is 6.59. The van der Waals surface area contributed by atoms with Crippen LogP contribution in [0.2, 0.25) is 0 Å². The molecule has 0 spiro atoms. The maximum Gasteiger partial charge on any atom is -0.00134 e. The van der Waals surface area contributed by atoms with Crippen molar-refractivity contribution in [2.75, 3.05) is 0 Å². The van der Waals surface area contributed by atoms with Gasteiger partial charge in [-0.05, 0) is 47.1 Å². The number of fused-ring (bicyclic) bond motifs is 3. The van der Waals surface area contributed by atoms with Crippen molar-refractivity contribution < 1.29 is 0 Å². The van der Waals surface area contributed by atoms with Crippen LogP contribution in [0.25, 0.3) is 11.1 Å². The van der Waals surface area contributed by atoms with E-state index in [1.165, 1.54) is 47.1 Å². The van der Waals surface area contributed by atoms with E-state index < -0.39 is 0 Å². The minimum absolute atomic E-state index is 1.12. The van der Waals surface area contributed by atoms with Crippen LogP contribution >= 0.6 is 0 Å². The lowest BCUT2D eigenvalue weighted by atomic mass is 9.96. The first-order chi connectivity index (χ1) is 8.40. The molecule has 1 aliphatic rings. The van der Waals surface area contributed by atoms with Crippen LogP contribution < -0.4 is 0 Å². The fourth-order valence-corrected chi connectivity index (χ4v) is 2.85. The van der Waals surface area contributed by atoms with Crippen molar-refractivity contribution >= 4 is 0 Å². The Hall–Kier alpha value is -1.56. The molecule has 3 rings (SSSR count). The molecule has 0 saturated carbocycles. The Bertz CT molecular complexity index is 537. The summed E-state index contributed by atoms with van der Waals surface area (Å²) in [6, 6.07) is 15.6. The van der Waals surface area contributed by atoms with Crippen LogP contribution in [0, 0.1) is 0 Å². The zero-order valence-corrected chi connectivity index (χ0v) is 10.4. The Morgan fingerprint density at radius 2 is 1.76 bits per heavy atom. The molecule has 0 bridgehead atoms. The highest BCUT2D eigenvalue weighted by atomic mass is 14.2. The van der Waals surface area contributed by atoms with Gasteiger partial charge in [0.05, 0.1) is 0 Å². The number of benzene rings is 2. The lowest BCUT2D eigenvalue weighted by molar-refractivity contribution is 0.796. The smallest absolute Gasteiger partial charge is 0.00134 e. The number of aryl methyl sites for hydroxylation is 1. The monoisotopic (exact) mass is 222 g/mol. The summed E-state index contributed by atoms with van der Waals surface area (Å²) in [6.45, 7) is 2.26. The van der Waals surface area contributed by atoms with Crippen molar-refractivity contribution in [3.63, 3.8) is 0 Å². The lowest BCUT2D eigenvalue weighted by Crippen LogP contribution is -1.90. The molecule has 0 amide bonds. The summed E-state index contributed by atoms with van der Waals surface area (Å²) in [6.07, 6.45) is 4.89. The fourth-order valence-electron chi connectivity index (χ4n) is 2.85. The van der Waals surface area contributed by atoms with E-state index in [0.29, 0.717) is 0 Å². The average molecular weight is 222 g/mol. The van der Waals surface area contributed by atoms with Crippen molar-refractivity contribution in [2.24, 2.45) is 0 Å². The maximum atomic E-state index is 2.30. The van der Waals surface area contributed by atoms with Gasteiger partial charge in [-0.25, -0.2) is 0 Å². The van der Waals surface area contributed by atoms with Gasteiger partial charge in [0.15, 0.2) is 0 Å². The molecule has 0 heterocycles. The minimum atomic E-state index is 1.12. The molecule has 1 aliphatic carbocycles. The van der Waals surface area contributed by atoms with E-state index in [4.69, 9.17) is 0 Å². The van der Waals surface area contributed by atoms with E-state index in [2.05, 4.69) is 49.4 Å². The number of unbranched alkanes of at least 4 members (excludes halogenated alkanes) is 1. The normalized spacial score (nSPS) is 12.3. The topological polar surface area (TPSA) is 0 Å². The van der Waals surface area contributed by atoms with Crippen LogP contribution in [0.15, 0.2) is 42.5 Å². The fraction of sp³-hybridized carbons (Fsp3) is 0.294. The predicted molar refractivity (Wildman–Crippen MR) is 73.3 cm³/mol. The number of hydrogen-bond donors (Lipinski definition) is 0. The van der Waals surface area contributed by atoms with Crippen molar-refractivity contribution in [3.8, 4) is 11.1 Å². The summed E-state index contributed by atoms with van der Waals surface area (Å²) < 4.78 is 0. The van der Waals surface area contributed by atoms with Gasteiger partial charge in [0.2, 0.25) is 0 Å². The van der Waals surface area contributed by atoms with Gasteiger partial charge in [-0.1, -0.05) is 55.8 Å². The quantitative estimate of drug-likeness (QED) is 0.607. The summed E-state index contributed by atoms with van der Waals surface area (Å²) >= 11 is 0. The first kappa shape index (κ1) is 10.6. The Labute approximate surface area is 103 Å². The summed E-state index contributed by atoms with van der Waals surface area (Å²) in [4.78, 5) is 0. The molecule has 0 atom stereocenters. The zero-order valence-electron chi connectivity index (χ0n) is 10.4. The maximum absolute atomic E-state index is 2.30. The van der Waals surface area contributed by atoms with Gasteiger partial charge in [-0.2, -0.15) is 0 Å². The standard InChI is InChI=1S/C17H18/c1-2-3-7-13-9-6-10-15-12-14-8-4-5-11-16(14)17(13)15/h4-6,8-11H,2-3,7,12H2,1H3. The molecule has 0 fully saturated rings. The van der Waals surface area contributed by atoms with Gasteiger partial charge in [-0.3, -0.25) is 0 Å². The summed E-state index contributed by atoms with van der Waals surface area (Å²) in [5.41, 5.74) is 7.53. The third-order valence-corrected chi connectivity index (χ3v) is 3.70. The van der Waals surface area contributed by atoms with Crippen LogP contribution in [0.5, 0.6) is 0 Å². The minimum Gasteiger partial charge on any atom is -0.0654 e. The Balaban J connectivity index is 2.09. The lowest BCUT2D eigenvalue weighted by Gasteiger charge is -2.08. The molecule has 0 unspecified atom stereocenters. The van der Waals surface area contributed by atoms with Crippen LogP contribution in [-0.2, 0) is 12.8 Å². The van der Waals surface area contributed by atoms with Gasteiger partial charge < -0.3 is 0 Å². The van der Waals surface area contributed by atoms with Crippen molar-refractivity contribution in [1.29, 1.82) is 0 Å². The molecular formula is C17H18. The summed E-state index contributed by atoms with van der Waals surface area (Å²) in [5, 5.41) is 0. The molecule has 2 aromatic rings. The molecule has 0 heteroatoms. The van der Waals surface area contributed by atoms with Crippen LogP contribution in [0.3, 0.4) is 0 Å². The average Bonchev–Trinajstić information content (AvgIpc) is 2.75. The largest absolute Gasteiger partial charge is 0.0654 e. The SMILES string of the molecule is CCCCc1cccc2c1-c1ccccc1C2. The Morgan fingerprint density at radius 3 is 2.65 bits per heavy atom. The Kier molecular flexibility index (Phi) is 2.72. The number of hydrogen-bond acceptors (Lipinski definition) is 0. The summed E-state index contributed by atoms with van der Waals surface area (Å²) in [5.74, 6) is 0. The van der Waals surface area contributed by atoms with Crippen molar-refractivity contribution in [3.05, 3.63) is 59.2 Å². The van der Waals surface area contributed by atoms with Crippen LogP contribution in [0.4, 0.5) is 0 Å². The van der Waals surface area contributed by atoms with Gasteiger partial charge in [0, 0.05) is 0 Å². The van der Waals surface area contributed by atoms with Gasteiger partial charge in [0.25, 0.3) is 0 Å². The van der Waals surface area contributed by atoms with E-state index in [0.717, 1.165) is 6.42 Å². The highest BCUT2D eigenvalue weighted by Gasteiger charge is 2.19. The molecule has 0 N–H and O–H groups in total. The number of rotatable bonds is 3. The summed E-state index contributed by atoms with van der Waals surface area (Å²) in [7, 11) is 0. The highest BCUT2D eigenvalue weighted by molar-refractivity contribution is 5.79. The molecule has 0 aliphatic heterocycles. The highest BCUT2D eigenvalue weighted by Crippen LogP contribution is 2.39. The molecule has 17 heavy (non-hydrogen) atoms. The van der Waals surface area contributed by atoms with E-state index in [-0.39, 0.29) is 0 Å². The van der Waals surface area contributed by atoms with Gasteiger partial charge in [-0.15, -0.1) is 0 Å². The van der Waals surface area contributed by atoms with Crippen LogP contribution in [-0.4, -0.2) is 0 Å². The van der Waals surface area contributed by atoms with E-state index in [1.54, 1.807) is 0 Å². The second kappa shape index (κ2) is 4.37. The second-order valence-corrected chi connectivity index (χ2v) is 4.89. The van der Waals surface area contributed by atoms with Crippen molar-refractivity contribution in [2.45, 2.75) is 32.6 Å². The molecule has 2 aromatic carbocycles. The second-order valence-electron chi connectivity index (χ2n) is 4.89. The molecule has 0 aromatic heterocycles. The van der Waals surface area contributed by atoms with E-state index >= 15 is 0 Å². The van der Waals surface area contributed by atoms with Gasteiger partial charge in [0.1, 0.15) is 0 Å². The molecule has 0 saturated heterocycles. The first-order valence-electron chi connectivity index (χ1n) is 6.59. The van der Waals surface area contributed by atoms with E-state index in [1.807, 2.05) is 0 Å². The molecule has 0 radical (unpaired) electrons. The predicted octanol–water partition coefficient (Wildman–Crippen LogP) is 4.60.